The molecule has 2 heterocycles. The van der Waals surface area contributed by atoms with Crippen LogP contribution in [0.1, 0.15) is 12.7 Å². The van der Waals surface area contributed by atoms with Crippen LogP contribution in [-0.2, 0) is 6.54 Å². The van der Waals surface area contributed by atoms with Crippen molar-refractivity contribution in [2.75, 3.05) is 32.7 Å². The van der Waals surface area contributed by atoms with Crippen LogP contribution in [0.2, 0.25) is 0 Å². The number of rotatable bonds is 4. The SMILES string of the molecule is CC(CN)N1CCN(Cc2ncccn2)CC1. The van der Waals surface area contributed by atoms with Gasteiger partial charge in [0.05, 0.1) is 6.54 Å². The lowest BCUT2D eigenvalue weighted by Gasteiger charge is -2.37. The van der Waals surface area contributed by atoms with Crippen LogP contribution in [0.4, 0.5) is 0 Å². The number of aromatic nitrogens is 2. The Morgan fingerprint density at radius 2 is 1.88 bits per heavy atom. The van der Waals surface area contributed by atoms with Gasteiger partial charge in [-0.25, -0.2) is 9.97 Å². The van der Waals surface area contributed by atoms with Gasteiger partial charge in [-0.2, -0.15) is 0 Å². The fourth-order valence-electron chi connectivity index (χ4n) is 2.12. The zero-order valence-corrected chi connectivity index (χ0v) is 10.4. The first-order chi connectivity index (χ1) is 8.29. The maximum atomic E-state index is 5.69. The lowest BCUT2D eigenvalue weighted by molar-refractivity contribution is 0.0988. The predicted octanol–water partition coefficient (Wildman–Crippen LogP) is -0.0586. The first-order valence-corrected chi connectivity index (χ1v) is 6.22. The third-order valence-electron chi connectivity index (χ3n) is 3.36. The Kier molecular flexibility index (Phi) is 4.42. The van der Waals surface area contributed by atoms with Crippen molar-refractivity contribution < 1.29 is 0 Å². The first kappa shape index (κ1) is 12.4. The van der Waals surface area contributed by atoms with E-state index < -0.39 is 0 Å². The number of nitrogens with zero attached hydrogens (tertiary/aromatic N) is 4. The smallest absolute Gasteiger partial charge is 0.142 e. The van der Waals surface area contributed by atoms with E-state index in [0.29, 0.717) is 6.04 Å². The van der Waals surface area contributed by atoms with Gasteiger partial charge in [0, 0.05) is 51.2 Å². The van der Waals surface area contributed by atoms with Gasteiger partial charge < -0.3 is 5.73 Å². The molecule has 1 aromatic heterocycles. The molecule has 17 heavy (non-hydrogen) atoms. The van der Waals surface area contributed by atoms with E-state index in [1.807, 2.05) is 6.07 Å². The molecule has 94 valence electrons. The molecule has 1 fully saturated rings. The van der Waals surface area contributed by atoms with Crippen molar-refractivity contribution in [3.63, 3.8) is 0 Å². The van der Waals surface area contributed by atoms with E-state index in [9.17, 15) is 0 Å². The molecule has 0 radical (unpaired) electrons. The topological polar surface area (TPSA) is 58.3 Å². The molecule has 2 N–H and O–H groups in total. The highest BCUT2D eigenvalue weighted by Gasteiger charge is 2.20. The van der Waals surface area contributed by atoms with Crippen LogP contribution in [0.15, 0.2) is 18.5 Å². The van der Waals surface area contributed by atoms with Crippen molar-refractivity contribution in [1.29, 1.82) is 0 Å². The Morgan fingerprint density at radius 1 is 1.24 bits per heavy atom. The Morgan fingerprint density at radius 3 is 2.47 bits per heavy atom. The van der Waals surface area contributed by atoms with Crippen molar-refractivity contribution >= 4 is 0 Å². The predicted molar refractivity (Wildman–Crippen MR) is 67.4 cm³/mol. The third kappa shape index (κ3) is 3.46. The van der Waals surface area contributed by atoms with Crippen LogP contribution >= 0.6 is 0 Å². The van der Waals surface area contributed by atoms with E-state index in [2.05, 4.69) is 26.7 Å². The van der Waals surface area contributed by atoms with Crippen LogP contribution in [0.3, 0.4) is 0 Å². The molecule has 1 unspecified atom stereocenters. The van der Waals surface area contributed by atoms with E-state index >= 15 is 0 Å². The summed E-state index contributed by atoms with van der Waals surface area (Å²) in [6.07, 6.45) is 3.60. The fourth-order valence-corrected chi connectivity index (χ4v) is 2.12. The minimum absolute atomic E-state index is 0.491. The highest BCUT2D eigenvalue weighted by molar-refractivity contribution is 4.89. The molecule has 1 atom stereocenters. The van der Waals surface area contributed by atoms with Crippen molar-refractivity contribution in [3.8, 4) is 0 Å². The number of piperazine rings is 1. The minimum atomic E-state index is 0.491. The molecular formula is C12H21N5. The van der Waals surface area contributed by atoms with Crippen LogP contribution in [-0.4, -0.2) is 58.5 Å². The molecule has 0 bridgehead atoms. The van der Waals surface area contributed by atoms with E-state index in [-0.39, 0.29) is 0 Å². The van der Waals surface area contributed by atoms with Crippen LogP contribution in [0.5, 0.6) is 0 Å². The second-order valence-corrected chi connectivity index (χ2v) is 4.56. The molecule has 1 aliphatic rings. The van der Waals surface area contributed by atoms with Crippen molar-refractivity contribution in [3.05, 3.63) is 24.3 Å². The molecule has 0 aliphatic carbocycles. The second kappa shape index (κ2) is 6.05. The number of hydrogen-bond acceptors (Lipinski definition) is 5. The van der Waals surface area contributed by atoms with E-state index in [1.54, 1.807) is 12.4 Å². The zero-order valence-electron chi connectivity index (χ0n) is 10.4. The largest absolute Gasteiger partial charge is 0.329 e. The van der Waals surface area contributed by atoms with E-state index in [4.69, 9.17) is 5.73 Å². The summed E-state index contributed by atoms with van der Waals surface area (Å²) in [6.45, 7) is 8.10. The average Bonchev–Trinajstić information content (AvgIpc) is 2.40. The van der Waals surface area contributed by atoms with Gasteiger partial charge >= 0.3 is 0 Å². The maximum Gasteiger partial charge on any atom is 0.142 e. The number of hydrogen-bond donors (Lipinski definition) is 1. The van der Waals surface area contributed by atoms with Gasteiger partial charge in [-0.1, -0.05) is 0 Å². The van der Waals surface area contributed by atoms with Crippen LogP contribution in [0.25, 0.3) is 0 Å². The summed E-state index contributed by atoms with van der Waals surface area (Å²) in [7, 11) is 0. The summed E-state index contributed by atoms with van der Waals surface area (Å²) in [5, 5.41) is 0. The lowest BCUT2D eigenvalue weighted by atomic mass is 10.2. The summed E-state index contributed by atoms with van der Waals surface area (Å²) >= 11 is 0. The average molecular weight is 235 g/mol. The van der Waals surface area contributed by atoms with Gasteiger partial charge in [-0.3, -0.25) is 9.80 Å². The first-order valence-electron chi connectivity index (χ1n) is 6.22. The molecule has 0 amide bonds. The molecule has 1 saturated heterocycles. The summed E-state index contributed by atoms with van der Waals surface area (Å²) in [4.78, 5) is 13.4. The Balaban J connectivity index is 1.80. The molecule has 2 rings (SSSR count). The van der Waals surface area contributed by atoms with Gasteiger partial charge in [-0.15, -0.1) is 0 Å². The number of nitrogens with two attached hydrogens (primary N) is 1. The summed E-state index contributed by atoms with van der Waals surface area (Å²) in [5.41, 5.74) is 5.69. The fraction of sp³-hybridized carbons (Fsp3) is 0.667. The van der Waals surface area contributed by atoms with Crippen LogP contribution in [0, 0.1) is 0 Å². The van der Waals surface area contributed by atoms with E-state index in [1.165, 1.54) is 0 Å². The molecule has 0 saturated carbocycles. The standard InChI is InChI=1S/C12H21N5/c1-11(9-13)17-7-5-16(6-8-17)10-12-14-3-2-4-15-12/h2-4,11H,5-10,13H2,1H3. The summed E-state index contributed by atoms with van der Waals surface area (Å²) in [5.74, 6) is 0.910. The van der Waals surface area contributed by atoms with Crippen molar-refractivity contribution in [2.45, 2.75) is 19.5 Å². The highest BCUT2D eigenvalue weighted by Crippen LogP contribution is 2.07. The van der Waals surface area contributed by atoms with Gasteiger partial charge in [0.1, 0.15) is 5.82 Å². The van der Waals surface area contributed by atoms with Gasteiger partial charge in [-0.05, 0) is 13.0 Å². The summed E-state index contributed by atoms with van der Waals surface area (Å²) < 4.78 is 0. The monoisotopic (exact) mass is 235 g/mol. The van der Waals surface area contributed by atoms with Crippen LogP contribution < -0.4 is 5.73 Å². The Bertz CT molecular complexity index is 321. The van der Waals surface area contributed by atoms with Gasteiger partial charge in [0.15, 0.2) is 0 Å². The molecule has 5 heteroatoms. The quantitative estimate of drug-likeness (QED) is 0.792. The molecular weight excluding hydrogens is 214 g/mol. The van der Waals surface area contributed by atoms with Crippen molar-refractivity contribution in [2.24, 2.45) is 5.73 Å². The molecule has 5 nitrogen and oxygen atoms in total. The maximum absolute atomic E-state index is 5.69. The Labute approximate surface area is 103 Å². The second-order valence-electron chi connectivity index (χ2n) is 4.56. The third-order valence-corrected chi connectivity index (χ3v) is 3.36. The molecule has 1 aromatic rings. The minimum Gasteiger partial charge on any atom is -0.329 e. The zero-order chi connectivity index (χ0) is 12.1. The van der Waals surface area contributed by atoms with Gasteiger partial charge in [0.25, 0.3) is 0 Å². The lowest BCUT2D eigenvalue weighted by Crippen LogP contribution is -2.51. The normalized spacial score (nSPS) is 20.4. The van der Waals surface area contributed by atoms with E-state index in [0.717, 1.165) is 45.1 Å². The molecule has 0 spiro atoms. The van der Waals surface area contributed by atoms with Crippen molar-refractivity contribution in [1.82, 2.24) is 19.8 Å². The van der Waals surface area contributed by atoms with Gasteiger partial charge in [0.2, 0.25) is 0 Å². The molecule has 0 aromatic carbocycles. The summed E-state index contributed by atoms with van der Waals surface area (Å²) in [6, 6.07) is 2.34. The molecule has 1 aliphatic heterocycles. The Hall–Kier alpha value is -1.04. The highest BCUT2D eigenvalue weighted by atomic mass is 15.3.